The molecule has 0 aliphatic heterocycles. The van der Waals surface area contributed by atoms with Crippen LogP contribution in [0.5, 0.6) is 5.88 Å². The molecule has 1 amide bonds. The van der Waals surface area contributed by atoms with Gasteiger partial charge in [-0.25, -0.2) is 4.98 Å². The molecule has 0 fully saturated rings. The van der Waals surface area contributed by atoms with Gasteiger partial charge in [0.25, 0.3) is 0 Å². The fourth-order valence-corrected chi connectivity index (χ4v) is 2.00. The molecule has 2 N–H and O–H groups in total. The van der Waals surface area contributed by atoms with Crippen molar-refractivity contribution in [2.75, 3.05) is 36.7 Å². The highest BCUT2D eigenvalue weighted by atomic mass is 16.5. The maximum atomic E-state index is 12.2. The van der Waals surface area contributed by atoms with Gasteiger partial charge in [0.15, 0.2) is 0 Å². The van der Waals surface area contributed by atoms with Crippen molar-refractivity contribution in [2.45, 2.75) is 13.0 Å². The SMILES string of the molecule is COc1ccc(N[C@@H](C)C(=O)Nc2ccc(N(C)C)cc2)cn1. The van der Waals surface area contributed by atoms with Crippen LogP contribution in [0.4, 0.5) is 17.1 Å². The van der Waals surface area contributed by atoms with Crippen LogP contribution in [0.2, 0.25) is 0 Å². The van der Waals surface area contributed by atoms with E-state index in [2.05, 4.69) is 15.6 Å². The topological polar surface area (TPSA) is 66.5 Å². The Hall–Kier alpha value is -2.76. The standard InChI is InChI=1S/C17H22N4O2/c1-12(19-14-7-10-16(23-4)18-11-14)17(22)20-13-5-8-15(9-6-13)21(2)3/h5-12,19H,1-4H3,(H,20,22)/t12-/m0/s1. The van der Waals surface area contributed by atoms with E-state index in [-0.39, 0.29) is 5.91 Å². The smallest absolute Gasteiger partial charge is 0.246 e. The predicted octanol–water partition coefficient (Wildman–Crippen LogP) is 2.60. The Bertz CT molecular complexity index is 639. The quantitative estimate of drug-likeness (QED) is 0.858. The number of carbonyl (C=O) groups excluding carboxylic acids is 1. The molecule has 1 heterocycles. The Morgan fingerprint density at radius 3 is 2.30 bits per heavy atom. The van der Waals surface area contributed by atoms with E-state index in [4.69, 9.17) is 4.74 Å². The molecule has 0 saturated carbocycles. The second kappa shape index (κ2) is 7.49. The molecule has 1 atom stereocenters. The van der Waals surface area contributed by atoms with E-state index in [0.717, 1.165) is 17.1 Å². The number of hydrogen-bond acceptors (Lipinski definition) is 5. The van der Waals surface area contributed by atoms with Gasteiger partial charge in [0.05, 0.1) is 19.0 Å². The van der Waals surface area contributed by atoms with Crippen LogP contribution in [-0.2, 0) is 4.79 Å². The number of pyridine rings is 1. The zero-order valence-electron chi connectivity index (χ0n) is 13.8. The number of ether oxygens (including phenoxy) is 1. The number of hydrogen-bond donors (Lipinski definition) is 2. The van der Waals surface area contributed by atoms with E-state index in [0.29, 0.717) is 5.88 Å². The number of nitrogens with zero attached hydrogens (tertiary/aromatic N) is 2. The molecule has 0 unspecified atom stereocenters. The van der Waals surface area contributed by atoms with Crippen molar-refractivity contribution in [1.82, 2.24) is 4.98 Å². The Kier molecular flexibility index (Phi) is 5.41. The monoisotopic (exact) mass is 314 g/mol. The highest BCUT2D eigenvalue weighted by Crippen LogP contribution is 2.16. The average Bonchev–Trinajstić information content (AvgIpc) is 2.56. The van der Waals surface area contributed by atoms with Gasteiger partial charge in [0.2, 0.25) is 11.8 Å². The third kappa shape index (κ3) is 4.60. The van der Waals surface area contributed by atoms with E-state index < -0.39 is 6.04 Å². The van der Waals surface area contributed by atoms with Crippen molar-refractivity contribution in [3.63, 3.8) is 0 Å². The van der Waals surface area contributed by atoms with Crippen molar-refractivity contribution in [3.8, 4) is 5.88 Å². The summed E-state index contributed by atoms with van der Waals surface area (Å²) in [5, 5.41) is 5.99. The summed E-state index contributed by atoms with van der Waals surface area (Å²) in [4.78, 5) is 18.3. The second-order valence-corrected chi connectivity index (χ2v) is 5.39. The minimum atomic E-state index is -0.390. The lowest BCUT2D eigenvalue weighted by Gasteiger charge is -2.16. The summed E-state index contributed by atoms with van der Waals surface area (Å²) in [5.41, 5.74) is 2.61. The first-order valence-corrected chi connectivity index (χ1v) is 7.34. The van der Waals surface area contributed by atoms with Crippen LogP contribution in [0.25, 0.3) is 0 Å². The number of benzene rings is 1. The summed E-state index contributed by atoms with van der Waals surface area (Å²) >= 11 is 0. The molecule has 6 heteroatoms. The Balaban J connectivity index is 1.93. The second-order valence-electron chi connectivity index (χ2n) is 5.39. The molecular formula is C17H22N4O2. The number of amides is 1. The molecule has 122 valence electrons. The summed E-state index contributed by atoms with van der Waals surface area (Å²) in [7, 11) is 5.51. The van der Waals surface area contributed by atoms with Gasteiger partial charge in [0, 0.05) is 31.5 Å². The van der Waals surface area contributed by atoms with Crippen molar-refractivity contribution in [2.24, 2.45) is 0 Å². The summed E-state index contributed by atoms with van der Waals surface area (Å²) in [6.45, 7) is 1.80. The normalized spacial score (nSPS) is 11.5. The van der Waals surface area contributed by atoms with Gasteiger partial charge >= 0.3 is 0 Å². The van der Waals surface area contributed by atoms with E-state index >= 15 is 0 Å². The molecule has 23 heavy (non-hydrogen) atoms. The van der Waals surface area contributed by atoms with Crippen LogP contribution >= 0.6 is 0 Å². The van der Waals surface area contributed by atoms with E-state index in [1.165, 1.54) is 0 Å². The molecule has 0 radical (unpaired) electrons. The third-order valence-electron chi connectivity index (χ3n) is 3.37. The van der Waals surface area contributed by atoms with Gasteiger partial charge in [-0.1, -0.05) is 0 Å². The first-order valence-electron chi connectivity index (χ1n) is 7.34. The third-order valence-corrected chi connectivity index (χ3v) is 3.37. The van der Waals surface area contributed by atoms with Crippen LogP contribution in [0.15, 0.2) is 42.6 Å². The fraction of sp³-hybridized carbons (Fsp3) is 0.294. The van der Waals surface area contributed by atoms with Gasteiger partial charge in [-0.3, -0.25) is 4.79 Å². The molecule has 6 nitrogen and oxygen atoms in total. The van der Waals surface area contributed by atoms with Crippen LogP contribution < -0.4 is 20.3 Å². The van der Waals surface area contributed by atoms with Crippen LogP contribution in [0.3, 0.4) is 0 Å². The first kappa shape index (κ1) is 16.6. The molecule has 2 aromatic rings. The molecule has 0 saturated heterocycles. The Morgan fingerprint density at radius 1 is 1.13 bits per heavy atom. The van der Waals surface area contributed by atoms with Gasteiger partial charge in [0.1, 0.15) is 6.04 Å². The van der Waals surface area contributed by atoms with E-state index in [1.54, 1.807) is 26.3 Å². The number of aromatic nitrogens is 1. The summed E-state index contributed by atoms with van der Waals surface area (Å²) in [5.74, 6) is 0.423. The number of rotatable bonds is 6. The van der Waals surface area contributed by atoms with Crippen LogP contribution in [0.1, 0.15) is 6.92 Å². The van der Waals surface area contributed by atoms with Gasteiger partial charge < -0.3 is 20.3 Å². The number of methoxy groups -OCH3 is 1. The van der Waals surface area contributed by atoms with E-state index in [1.807, 2.05) is 49.3 Å². The van der Waals surface area contributed by atoms with Crippen molar-refractivity contribution >= 4 is 23.0 Å². The van der Waals surface area contributed by atoms with Gasteiger partial charge in [-0.15, -0.1) is 0 Å². The van der Waals surface area contributed by atoms with Gasteiger partial charge in [-0.05, 0) is 37.3 Å². The predicted molar refractivity (Wildman–Crippen MR) is 93.3 cm³/mol. The molecule has 1 aromatic carbocycles. The lowest BCUT2D eigenvalue weighted by atomic mass is 10.2. The largest absolute Gasteiger partial charge is 0.481 e. The molecular weight excluding hydrogens is 292 g/mol. The minimum absolute atomic E-state index is 0.113. The summed E-state index contributed by atoms with van der Waals surface area (Å²) < 4.78 is 5.01. The molecule has 1 aromatic heterocycles. The lowest BCUT2D eigenvalue weighted by Crippen LogP contribution is -2.31. The summed E-state index contributed by atoms with van der Waals surface area (Å²) in [6.07, 6.45) is 1.63. The number of anilines is 3. The molecule has 0 aliphatic carbocycles. The summed E-state index contributed by atoms with van der Waals surface area (Å²) in [6, 6.07) is 10.9. The molecule has 0 aliphatic rings. The molecule has 0 spiro atoms. The van der Waals surface area contributed by atoms with Crippen molar-refractivity contribution < 1.29 is 9.53 Å². The van der Waals surface area contributed by atoms with Gasteiger partial charge in [-0.2, -0.15) is 0 Å². The minimum Gasteiger partial charge on any atom is -0.481 e. The van der Waals surface area contributed by atoms with Crippen molar-refractivity contribution in [3.05, 3.63) is 42.6 Å². The number of nitrogens with one attached hydrogen (secondary N) is 2. The highest BCUT2D eigenvalue weighted by Gasteiger charge is 2.13. The zero-order chi connectivity index (χ0) is 16.8. The Morgan fingerprint density at radius 2 is 1.78 bits per heavy atom. The molecule has 2 rings (SSSR count). The molecule has 0 bridgehead atoms. The van der Waals surface area contributed by atoms with E-state index in [9.17, 15) is 4.79 Å². The maximum Gasteiger partial charge on any atom is 0.246 e. The number of carbonyl (C=O) groups is 1. The van der Waals surface area contributed by atoms with Crippen LogP contribution in [-0.4, -0.2) is 38.1 Å². The first-order chi connectivity index (χ1) is 11.0. The fourth-order valence-electron chi connectivity index (χ4n) is 2.00. The highest BCUT2D eigenvalue weighted by molar-refractivity contribution is 5.96. The average molecular weight is 314 g/mol. The van der Waals surface area contributed by atoms with Crippen LogP contribution in [0, 0.1) is 0 Å². The zero-order valence-corrected chi connectivity index (χ0v) is 13.8. The lowest BCUT2D eigenvalue weighted by molar-refractivity contribution is -0.116. The van der Waals surface area contributed by atoms with Crippen molar-refractivity contribution in [1.29, 1.82) is 0 Å². The Labute approximate surface area is 136 Å². The maximum absolute atomic E-state index is 12.2.